The maximum absolute atomic E-state index is 4.32. The molecule has 0 amide bonds. The molecule has 98 valence electrons. The molecular formula is C13H11N7. The number of nitrogens with zero attached hydrogens (tertiary/aromatic N) is 5. The van der Waals surface area contributed by atoms with Crippen molar-refractivity contribution in [2.24, 2.45) is 0 Å². The van der Waals surface area contributed by atoms with Gasteiger partial charge < -0.3 is 5.32 Å². The molecule has 0 unspecified atom stereocenters. The van der Waals surface area contributed by atoms with Crippen molar-refractivity contribution in [2.75, 3.05) is 5.32 Å². The highest BCUT2D eigenvalue weighted by molar-refractivity contribution is 5.82. The standard InChI is InChI=1S/C13H11N7/c1-8-4-5-20-12(8)13(14-7-15-20)16-9-2-3-10-11(6-9)18-19-17-10/h2-7H,1H3,(H,14,15,16)(H,17,18,19). The van der Waals surface area contributed by atoms with Crippen molar-refractivity contribution in [3.8, 4) is 0 Å². The lowest BCUT2D eigenvalue weighted by Crippen LogP contribution is -2.00. The third kappa shape index (κ3) is 1.60. The number of rotatable bonds is 2. The highest BCUT2D eigenvalue weighted by atomic mass is 15.3. The Morgan fingerprint density at radius 2 is 2.05 bits per heavy atom. The fraction of sp³-hybridized carbons (Fsp3) is 0.0769. The molecule has 3 heterocycles. The Labute approximate surface area is 113 Å². The zero-order valence-electron chi connectivity index (χ0n) is 10.7. The van der Waals surface area contributed by atoms with Crippen LogP contribution < -0.4 is 5.32 Å². The van der Waals surface area contributed by atoms with E-state index in [2.05, 4.69) is 30.8 Å². The van der Waals surface area contributed by atoms with E-state index in [9.17, 15) is 0 Å². The SMILES string of the molecule is Cc1ccn2ncnc(Nc3ccc4n[nH]nc4c3)c12. The predicted molar refractivity (Wildman–Crippen MR) is 74.9 cm³/mol. The van der Waals surface area contributed by atoms with Crippen molar-refractivity contribution in [3.63, 3.8) is 0 Å². The summed E-state index contributed by atoms with van der Waals surface area (Å²) in [6.45, 7) is 2.03. The summed E-state index contributed by atoms with van der Waals surface area (Å²) in [7, 11) is 0. The number of hydrogen-bond acceptors (Lipinski definition) is 5. The van der Waals surface area contributed by atoms with Crippen LogP contribution in [-0.4, -0.2) is 30.0 Å². The summed E-state index contributed by atoms with van der Waals surface area (Å²) in [5.41, 5.74) is 4.64. The molecule has 0 spiro atoms. The van der Waals surface area contributed by atoms with Crippen LogP contribution in [0.3, 0.4) is 0 Å². The first-order chi connectivity index (χ1) is 9.81. The summed E-state index contributed by atoms with van der Waals surface area (Å²) < 4.78 is 1.80. The largest absolute Gasteiger partial charge is 0.338 e. The molecule has 0 radical (unpaired) electrons. The van der Waals surface area contributed by atoms with E-state index in [1.54, 1.807) is 4.52 Å². The van der Waals surface area contributed by atoms with Gasteiger partial charge in [0.2, 0.25) is 0 Å². The van der Waals surface area contributed by atoms with Gasteiger partial charge in [-0.3, -0.25) is 0 Å². The number of nitrogens with one attached hydrogen (secondary N) is 2. The van der Waals surface area contributed by atoms with Gasteiger partial charge in [0.1, 0.15) is 22.9 Å². The zero-order valence-corrected chi connectivity index (χ0v) is 10.7. The third-order valence-electron chi connectivity index (χ3n) is 3.23. The van der Waals surface area contributed by atoms with E-state index >= 15 is 0 Å². The van der Waals surface area contributed by atoms with Crippen LogP contribution in [0.1, 0.15) is 5.56 Å². The second-order valence-electron chi connectivity index (χ2n) is 4.55. The van der Waals surface area contributed by atoms with Crippen molar-refractivity contribution in [2.45, 2.75) is 6.92 Å². The highest BCUT2D eigenvalue weighted by Crippen LogP contribution is 2.23. The Bertz CT molecular complexity index is 905. The molecule has 0 atom stereocenters. The molecule has 0 saturated carbocycles. The van der Waals surface area contributed by atoms with Crippen molar-refractivity contribution in [3.05, 3.63) is 42.4 Å². The lowest BCUT2D eigenvalue weighted by atomic mass is 10.2. The van der Waals surface area contributed by atoms with Gasteiger partial charge in [-0.15, -0.1) is 0 Å². The summed E-state index contributed by atoms with van der Waals surface area (Å²) in [5.74, 6) is 0.769. The smallest absolute Gasteiger partial charge is 0.158 e. The van der Waals surface area contributed by atoms with Gasteiger partial charge in [-0.2, -0.15) is 20.5 Å². The Morgan fingerprint density at radius 1 is 1.15 bits per heavy atom. The lowest BCUT2D eigenvalue weighted by Gasteiger charge is -2.07. The fourth-order valence-electron chi connectivity index (χ4n) is 2.25. The first kappa shape index (κ1) is 10.9. The van der Waals surface area contributed by atoms with Gasteiger partial charge in [-0.1, -0.05) is 0 Å². The molecule has 7 nitrogen and oxygen atoms in total. The first-order valence-electron chi connectivity index (χ1n) is 6.18. The average molecular weight is 265 g/mol. The lowest BCUT2D eigenvalue weighted by molar-refractivity contribution is 0.905. The van der Waals surface area contributed by atoms with Crippen LogP contribution in [0.5, 0.6) is 0 Å². The first-order valence-corrected chi connectivity index (χ1v) is 6.18. The number of H-pyrrole nitrogens is 1. The van der Waals surface area contributed by atoms with Crippen molar-refractivity contribution in [1.82, 2.24) is 30.0 Å². The van der Waals surface area contributed by atoms with Crippen molar-refractivity contribution in [1.29, 1.82) is 0 Å². The van der Waals surface area contributed by atoms with Crippen LogP contribution in [-0.2, 0) is 0 Å². The third-order valence-corrected chi connectivity index (χ3v) is 3.23. The van der Waals surface area contributed by atoms with Crippen LogP contribution in [0.25, 0.3) is 16.6 Å². The van der Waals surface area contributed by atoms with E-state index in [0.29, 0.717) is 0 Å². The summed E-state index contributed by atoms with van der Waals surface area (Å²) in [6.07, 6.45) is 3.45. The molecule has 0 aliphatic heterocycles. The molecule has 7 heteroatoms. The number of benzene rings is 1. The number of aryl methyl sites for hydroxylation is 1. The van der Waals surface area contributed by atoms with Gasteiger partial charge in [0.15, 0.2) is 5.82 Å². The van der Waals surface area contributed by atoms with Gasteiger partial charge in [-0.25, -0.2) is 9.50 Å². The van der Waals surface area contributed by atoms with E-state index in [-0.39, 0.29) is 0 Å². The van der Waals surface area contributed by atoms with Crippen LogP contribution >= 0.6 is 0 Å². The van der Waals surface area contributed by atoms with Gasteiger partial charge >= 0.3 is 0 Å². The molecule has 4 rings (SSSR count). The van der Waals surface area contributed by atoms with E-state index in [1.807, 2.05) is 37.4 Å². The van der Waals surface area contributed by atoms with Crippen molar-refractivity contribution < 1.29 is 0 Å². The minimum Gasteiger partial charge on any atom is -0.338 e. The molecular weight excluding hydrogens is 254 g/mol. The maximum atomic E-state index is 4.32. The highest BCUT2D eigenvalue weighted by Gasteiger charge is 2.08. The summed E-state index contributed by atoms with van der Waals surface area (Å²) in [6, 6.07) is 7.79. The average Bonchev–Trinajstić information content (AvgIpc) is 3.06. The number of anilines is 2. The summed E-state index contributed by atoms with van der Waals surface area (Å²) in [4.78, 5) is 4.32. The molecule has 1 aromatic carbocycles. The van der Waals surface area contributed by atoms with E-state index < -0.39 is 0 Å². The number of hydrogen-bond donors (Lipinski definition) is 2. The van der Waals surface area contributed by atoms with Crippen molar-refractivity contribution >= 4 is 28.1 Å². The minimum atomic E-state index is 0.769. The second-order valence-corrected chi connectivity index (χ2v) is 4.55. The van der Waals surface area contributed by atoms with Crippen LogP contribution in [0.15, 0.2) is 36.8 Å². The van der Waals surface area contributed by atoms with E-state index in [4.69, 9.17) is 0 Å². The molecule has 3 aromatic heterocycles. The predicted octanol–water partition coefficient (Wildman–Crippen LogP) is 2.05. The molecule has 4 aromatic rings. The zero-order chi connectivity index (χ0) is 13.5. The quantitative estimate of drug-likeness (QED) is 0.579. The van der Waals surface area contributed by atoms with Gasteiger partial charge in [0.25, 0.3) is 0 Å². The Balaban J connectivity index is 1.81. The molecule has 0 fully saturated rings. The molecule has 0 aliphatic carbocycles. The Morgan fingerprint density at radius 3 is 3.00 bits per heavy atom. The normalized spacial score (nSPS) is 11.2. The molecule has 2 N–H and O–H groups in total. The Hall–Kier alpha value is -2.96. The fourth-order valence-corrected chi connectivity index (χ4v) is 2.25. The minimum absolute atomic E-state index is 0.769. The van der Waals surface area contributed by atoms with E-state index in [0.717, 1.165) is 33.6 Å². The second kappa shape index (κ2) is 4.02. The molecule has 0 aliphatic rings. The number of fused-ring (bicyclic) bond motifs is 2. The topological polar surface area (TPSA) is 83.8 Å². The van der Waals surface area contributed by atoms with Gasteiger partial charge in [0, 0.05) is 11.9 Å². The van der Waals surface area contributed by atoms with Crippen LogP contribution in [0.4, 0.5) is 11.5 Å². The summed E-state index contributed by atoms with van der Waals surface area (Å²) >= 11 is 0. The van der Waals surface area contributed by atoms with Gasteiger partial charge in [0.05, 0.1) is 0 Å². The number of aromatic nitrogens is 6. The van der Waals surface area contributed by atoms with Crippen LogP contribution in [0, 0.1) is 6.92 Å². The maximum Gasteiger partial charge on any atom is 0.158 e. The van der Waals surface area contributed by atoms with Crippen LogP contribution in [0.2, 0.25) is 0 Å². The number of aromatic amines is 1. The summed E-state index contributed by atoms with van der Waals surface area (Å²) in [5, 5.41) is 18.2. The monoisotopic (exact) mass is 265 g/mol. The molecule has 20 heavy (non-hydrogen) atoms. The van der Waals surface area contributed by atoms with E-state index in [1.165, 1.54) is 6.33 Å². The molecule has 0 bridgehead atoms. The Kier molecular flexibility index (Phi) is 2.19. The van der Waals surface area contributed by atoms with Gasteiger partial charge in [-0.05, 0) is 36.8 Å². The molecule has 0 saturated heterocycles.